The van der Waals surface area contributed by atoms with Gasteiger partial charge < -0.3 is 10.6 Å². The lowest BCUT2D eigenvalue weighted by molar-refractivity contribution is 0.102. The molecule has 2 N–H and O–H groups in total. The number of nitrogens with zero attached hydrogens (tertiary/aromatic N) is 3. The topological polar surface area (TPSA) is 79.8 Å². The summed E-state index contributed by atoms with van der Waals surface area (Å²) in [4.78, 5) is 16.5. The fourth-order valence-electron chi connectivity index (χ4n) is 1.90. The lowest BCUT2D eigenvalue weighted by Gasteiger charge is -2.08. The van der Waals surface area contributed by atoms with Gasteiger partial charge in [-0.1, -0.05) is 22.7 Å². The molecule has 0 aliphatic rings. The van der Waals surface area contributed by atoms with Crippen molar-refractivity contribution in [3.8, 4) is 0 Å². The Hall–Kier alpha value is -2.54. The summed E-state index contributed by atoms with van der Waals surface area (Å²) in [6.45, 7) is 0. The third-order valence-corrected chi connectivity index (χ3v) is 3.40. The molecule has 3 aromatic rings. The fourth-order valence-corrected chi connectivity index (χ4v) is 2.31. The first-order valence-corrected chi connectivity index (χ1v) is 6.71. The molecule has 0 aliphatic carbocycles. The molecule has 0 atom stereocenters. The molecule has 6 nitrogen and oxygen atoms in total. The van der Waals surface area contributed by atoms with Crippen LogP contribution in [-0.4, -0.2) is 27.5 Å². The van der Waals surface area contributed by atoms with Gasteiger partial charge in [0.1, 0.15) is 10.7 Å². The summed E-state index contributed by atoms with van der Waals surface area (Å²) in [6, 6.07) is 9.40. The Labute approximate surface area is 119 Å². The van der Waals surface area contributed by atoms with Crippen molar-refractivity contribution in [3.63, 3.8) is 0 Å². The highest BCUT2D eigenvalue weighted by molar-refractivity contribution is 7.10. The van der Waals surface area contributed by atoms with Gasteiger partial charge in [-0.25, -0.2) is 4.98 Å². The number of hydrogen-bond acceptors (Lipinski definition) is 6. The number of fused-ring (bicyclic) bond motifs is 1. The Morgan fingerprint density at radius 1 is 1.30 bits per heavy atom. The number of para-hydroxylation sites is 1. The van der Waals surface area contributed by atoms with E-state index in [-0.39, 0.29) is 5.91 Å². The standard InChI is InChI=1S/C13H11N5OS/c1-14-10-6-11(13(19)17-12-7-15-18-20-12)16-9-5-3-2-4-8(9)10/h2-7H,1H3,(H,14,16)(H,17,19). The van der Waals surface area contributed by atoms with Crippen molar-refractivity contribution in [2.45, 2.75) is 0 Å². The maximum absolute atomic E-state index is 12.2. The zero-order chi connectivity index (χ0) is 13.9. The molecule has 0 saturated carbocycles. The van der Waals surface area contributed by atoms with E-state index in [1.807, 2.05) is 31.3 Å². The Kier molecular flexibility index (Phi) is 3.26. The zero-order valence-electron chi connectivity index (χ0n) is 10.6. The van der Waals surface area contributed by atoms with Crippen molar-refractivity contribution in [3.05, 3.63) is 42.2 Å². The molecule has 2 aromatic heterocycles. The van der Waals surface area contributed by atoms with Gasteiger partial charge in [-0.3, -0.25) is 4.79 Å². The van der Waals surface area contributed by atoms with Crippen LogP contribution in [0.5, 0.6) is 0 Å². The number of pyridine rings is 1. The van der Waals surface area contributed by atoms with Crippen LogP contribution in [0.1, 0.15) is 10.5 Å². The van der Waals surface area contributed by atoms with Gasteiger partial charge >= 0.3 is 0 Å². The largest absolute Gasteiger partial charge is 0.388 e. The summed E-state index contributed by atoms with van der Waals surface area (Å²) < 4.78 is 3.70. The number of rotatable bonds is 3. The highest BCUT2D eigenvalue weighted by atomic mass is 32.1. The molecular weight excluding hydrogens is 274 g/mol. The molecule has 0 saturated heterocycles. The zero-order valence-corrected chi connectivity index (χ0v) is 11.4. The third-order valence-electron chi connectivity index (χ3n) is 2.82. The molecule has 0 aliphatic heterocycles. The Morgan fingerprint density at radius 3 is 2.90 bits per heavy atom. The van der Waals surface area contributed by atoms with Crippen LogP contribution in [0.15, 0.2) is 36.5 Å². The highest BCUT2D eigenvalue weighted by Gasteiger charge is 2.12. The second-order valence-corrected chi connectivity index (χ2v) is 4.84. The minimum absolute atomic E-state index is 0.279. The first-order chi connectivity index (χ1) is 9.78. The number of aromatic nitrogens is 3. The van der Waals surface area contributed by atoms with Crippen LogP contribution in [0.2, 0.25) is 0 Å². The van der Waals surface area contributed by atoms with Crippen LogP contribution in [0.3, 0.4) is 0 Å². The monoisotopic (exact) mass is 285 g/mol. The van der Waals surface area contributed by atoms with Crippen molar-refractivity contribution < 1.29 is 4.79 Å². The first kappa shape index (κ1) is 12.5. The molecule has 1 amide bonds. The average Bonchev–Trinajstić information content (AvgIpc) is 2.99. The molecule has 20 heavy (non-hydrogen) atoms. The van der Waals surface area contributed by atoms with Crippen LogP contribution >= 0.6 is 11.5 Å². The molecule has 100 valence electrons. The third kappa shape index (κ3) is 2.30. The van der Waals surface area contributed by atoms with E-state index in [1.54, 1.807) is 6.07 Å². The van der Waals surface area contributed by atoms with E-state index in [9.17, 15) is 4.79 Å². The maximum atomic E-state index is 12.2. The maximum Gasteiger partial charge on any atom is 0.275 e. The summed E-state index contributed by atoms with van der Waals surface area (Å²) in [7, 11) is 1.82. The van der Waals surface area contributed by atoms with Crippen LogP contribution < -0.4 is 10.6 Å². The number of hydrogen-bond donors (Lipinski definition) is 2. The predicted octanol–water partition coefficient (Wildman–Crippen LogP) is 2.38. The Balaban J connectivity index is 2.01. The number of carbonyl (C=O) groups excluding carboxylic acids is 1. The highest BCUT2D eigenvalue weighted by Crippen LogP contribution is 2.23. The summed E-state index contributed by atoms with van der Waals surface area (Å²) >= 11 is 1.12. The fraction of sp³-hybridized carbons (Fsp3) is 0.0769. The molecule has 7 heteroatoms. The van der Waals surface area contributed by atoms with Crippen molar-refractivity contribution in [2.24, 2.45) is 0 Å². The van der Waals surface area contributed by atoms with Gasteiger partial charge in [0.05, 0.1) is 11.7 Å². The molecule has 0 radical (unpaired) electrons. The van der Waals surface area contributed by atoms with Crippen molar-refractivity contribution >= 4 is 39.0 Å². The van der Waals surface area contributed by atoms with Gasteiger partial charge in [0.15, 0.2) is 0 Å². The van der Waals surface area contributed by atoms with Gasteiger partial charge in [-0.2, -0.15) is 0 Å². The number of benzene rings is 1. The smallest absolute Gasteiger partial charge is 0.275 e. The van der Waals surface area contributed by atoms with E-state index in [2.05, 4.69) is 25.2 Å². The van der Waals surface area contributed by atoms with Gasteiger partial charge in [0.2, 0.25) is 0 Å². The lowest BCUT2D eigenvalue weighted by atomic mass is 10.1. The Bertz CT molecular complexity index is 757. The summed E-state index contributed by atoms with van der Waals surface area (Å²) in [5.74, 6) is -0.279. The number of nitrogens with one attached hydrogen (secondary N) is 2. The molecule has 0 bridgehead atoms. The summed E-state index contributed by atoms with van der Waals surface area (Å²) in [5, 5.41) is 11.0. The second-order valence-electron chi connectivity index (χ2n) is 4.06. The first-order valence-electron chi connectivity index (χ1n) is 5.94. The summed E-state index contributed by atoms with van der Waals surface area (Å²) in [6.07, 6.45) is 1.50. The molecule has 1 aromatic carbocycles. The number of amides is 1. The molecule has 0 spiro atoms. The van der Waals surface area contributed by atoms with E-state index in [4.69, 9.17) is 0 Å². The van der Waals surface area contributed by atoms with Crippen molar-refractivity contribution in [1.82, 2.24) is 14.6 Å². The van der Waals surface area contributed by atoms with Gasteiger partial charge in [-0.15, -0.1) is 5.10 Å². The molecular formula is C13H11N5OS. The SMILES string of the molecule is CNc1cc(C(=O)Nc2cnns2)nc2ccccc12. The minimum atomic E-state index is -0.279. The minimum Gasteiger partial charge on any atom is -0.388 e. The second kappa shape index (κ2) is 5.22. The molecule has 3 rings (SSSR count). The lowest BCUT2D eigenvalue weighted by Crippen LogP contribution is -2.13. The van der Waals surface area contributed by atoms with E-state index < -0.39 is 0 Å². The summed E-state index contributed by atoms with van der Waals surface area (Å²) in [5.41, 5.74) is 1.98. The van der Waals surface area contributed by atoms with Crippen LogP contribution in [0.4, 0.5) is 10.7 Å². The van der Waals surface area contributed by atoms with Gasteiger partial charge in [0.25, 0.3) is 5.91 Å². The number of carbonyl (C=O) groups is 1. The van der Waals surface area contributed by atoms with E-state index >= 15 is 0 Å². The van der Waals surface area contributed by atoms with E-state index in [1.165, 1.54) is 6.20 Å². The molecule has 0 fully saturated rings. The molecule has 0 unspecified atom stereocenters. The van der Waals surface area contributed by atoms with Crippen LogP contribution in [0.25, 0.3) is 10.9 Å². The Morgan fingerprint density at radius 2 is 2.15 bits per heavy atom. The van der Waals surface area contributed by atoms with Crippen LogP contribution in [0, 0.1) is 0 Å². The average molecular weight is 285 g/mol. The predicted molar refractivity (Wildman–Crippen MR) is 79.2 cm³/mol. The number of anilines is 2. The molecule has 2 heterocycles. The normalized spacial score (nSPS) is 10.4. The van der Waals surface area contributed by atoms with Crippen molar-refractivity contribution in [1.29, 1.82) is 0 Å². The van der Waals surface area contributed by atoms with E-state index in [0.717, 1.165) is 28.1 Å². The van der Waals surface area contributed by atoms with Crippen LogP contribution in [-0.2, 0) is 0 Å². The van der Waals surface area contributed by atoms with Gasteiger partial charge in [-0.05, 0) is 12.1 Å². The van der Waals surface area contributed by atoms with Crippen molar-refractivity contribution in [2.75, 3.05) is 17.7 Å². The quantitative estimate of drug-likeness (QED) is 0.772. The van der Waals surface area contributed by atoms with Gasteiger partial charge in [0, 0.05) is 29.7 Å². The van der Waals surface area contributed by atoms with E-state index in [0.29, 0.717) is 10.7 Å².